The first-order chi connectivity index (χ1) is 14.8. The maximum absolute atomic E-state index is 12.8. The van der Waals surface area contributed by atoms with Crippen LogP contribution in [0.1, 0.15) is 25.5 Å². The van der Waals surface area contributed by atoms with E-state index >= 15 is 0 Å². The number of nitrogens with one attached hydrogen (secondary N) is 2. The topological polar surface area (TPSA) is 118 Å². The highest BCUT2D eigenvalue weighted by Gasteiger charge is 2.33. The molecule has 2 aromatic rings. The number of amides is 2. The summed E-state index contributed by atoms with van der Waals surface area (Å²) in [5.74, 6) is 0.294. The first kappa shape index (κ1) is 22.8. The molecule has 0 radical (unpaired) electrons. The number of nitrogens with zero attached hydrogens (tertiary/aromatic N) is 1. The molecule has 0 aliphatic carbocycles. The molecule has 2 heterocycles. The van der Waals surface area contributed by atoms with Crippen molar-refractivity contribution in [1.82, 2.24) is 14.9 Å². The van der Waals surface area contributed by atoms with E-state index in [2.05, 4.69) is 10.6 Å². The first-order valence-corrected chi connectivity index (χ1v) is 11.5. The van der Waals surface area contributed by atoms with Crippen LogP contribution in [0.2, 0.25) is 0 Å². The quantitative estimate of drug-likeness (QED) is 0.631. The Labute approximate surface area is 181 Å². The van der Waals surface area contributed by atoms with Crippen LogP contribution in [0.3, 0.4) is 0 Å². The number of methoxy groups -OCH3 is 1. The molecular weight excluding hydrogens is 422 g/mol. The molecule has 1 aromatic heterocycles. The number of hydrogen-bond donors (Lipinski definition) is 2. The van der Waals surface area contributed by atoms with Gasteiger partial charge in [-0.05, 0) is 56.2 Å². The zero-order chi connectivity index (χ0) is 22.4. The summed E-state index contributed by atoms with van der Waals surface area (Å²) in [4.78, 5) is 24.9. The van der Waals surface area contributed by atoms with Crippen LogP contribution in [0.25, 0.3) is 0 Å². The van der Waals surface area contributed by atoms with Crippen molar-refractivity contribution in [1.29, 1.82) is 0 Å². The van der Waals surface area contributed by atoms with E-state index in [1.54, 1.807) is 31.2 Å². The highest BCUT2D eigenvalue weighted by Crippen LogP contribution is 2.25. The molecule has 1 saturated heterocycles. The maximum atomic E-state index is 12.8. The zero-order valence-corrected chi connectivity index (χ0v) is 18.4. The molecular formula is C21H27N3O6S. The largest absolute Gasteiger partial charge is 0.497 e. The number of sulfonamides is 1. The Balaban J connectivity index is 1.49. The summed E-state index contributed by atoms with van der Waals surface area (Å²) >= 11 is 0. The van der Waals surface area contributed by atoms with Gasteiger partial charge in [0.05, 0.1) is 24.8 Å². The average molecular weight is 450 g/mol. The highest BCUT2D eigenvalue weighted by molar-refractivity contribution is 7.89. The van der Waals surface area contributed by atoms with Gasteiger partial charge in [-0.1, -0.05) is 0 Å². The lowest BCUT2D eigenvalue weighted by molar-refractivity contribution is -0.131. The molecule has 0 unspecified atom stereocenters. The van der Waals surface area contributed by atoms with Crippen molar-refractivity contribution in [2.75, 3.05) is 20.2 Å². The van der Waals surface area contributed by atoms with Crippen molar-refractivity contribution in [3.05, 3.63) is 48.4 Å². The van der Waals surface area contributed by atoms with Gasteiger partial charge in [0.15, 0.2) is 0 Å². The average Bonchev–Trinajstić information content (AvgIpc) is 3.31. The van der Waals surface area contributed by atoms with Crippen LogP contribution in [0.5, 0.6) is 5.75 Å². The fraction of sp³-hybridized carbons (Fsp3) is 0.429. The molecule has 0 spiro atoms. The van der Waals surface area contributed by atoms with E-state index in [-0.39, 0.29) is 42.3 Å². The molecule has 0 bridgehead atoms. The molecule has 3 rings (SSSR count). The lowest BCUT2D eigenvalue weighted by atomic mass is 9.97. The van der Waals surface area contributed by atoms with E-state index in [1.807, 2.05) is 0 Å². The molecule has 10 heteroatoms. The van der Waals surface area contributed by atoms with Gasteiger partial charge in [0.2, 0.25) is 21.8 Å². The number of carbonyl (C=O) groups excluding carboxylic acids is 2. The molecule has 2 amide bonds. The Hall–Kier alpha value is -2.85. The van der Waals surface area contributed by atoms with Crippen LogP contribution in [0.4, 0.5) is 0 Å². The highest BCUT2D eigenvalue weighted by atomic mass is 32.2. The van der Waals surface area contributed by atoms with E-state index < -0.39 is 16.1 Å². The Kier molecular flexibility index (Phi) is 7.34. The van der Waals surface area contributed by atoms with Crippen LogP contribution in [-0.2, 0) is 26.2 Å². The summed E-state index contributed by atoms with van der Waals surface area (Å²) in [6, 6.07) is 9.00. The van der Waals surface area contributed by atoms with Gasteiger partial charge < -0.3 is 19.8 Å². The number of furan rings is 1. The Morgan fingerprint density at radius 2 is 1.87 bits per heavy atom. The smallest absolute Gasteiger partial charge is 0.243 e. The second-order valence-electron chi connectivity index (χ2n) is 7.38. The van der Waals surface area contributed by atoms with Crippen molar-refractivity contribution in [2.45, 2.75) is 37.2 Å². The molecule has 1 aliphatic rings. The molecule has 1 fully saturated rings. The molecule has 9 nitrogen and oxygen atoms in total. The lowest BCUT2D eigenvalue weighted by Gasteiger charge is -2.31. The van der Waals surface area contributed by atoms with Crippen LogP contribution in [0.15, 0.2) is 52.0 Å². The van der Waals surface area contributed by atoms with Crippen LogP contribution < -0.4 is 15.4 Å². The zero-order valence-electron chi connectivity index (χ0n) is 17.5. The number of hydrogen-bond acceptors (Lipinski definition) is 6. The number of piperidine rings is 1. The van der Waals surface area contributed by atoms with E-state index in [0.717, 1.165) is 0 Å². The van der Waals surface area contributed by atoms with Crippen molar-refractivity contribution in [3.63, 3.8) is 0 Å². The summed E-state index contributed by atoms with van der Waals surface area (Å²) < 4.78 is 37.3. The van der Waals surface area contributed by atoms with Gasteiger partial charge in [-0.15, -0.1) is 0 Å². The van der Waals surface area contributed by atoms with Crippen molar-refractivity contribution in [2.24, 2.45) is 5.92 Å². The van der Waals surface area contributed by atoms with Gasteiger partial charge in [-0.2, -0.15) is 4.31 Å². The molecule has 1 aliphatic heterocycles. The standard InChI is InChI=1S/C21H27N3O6S/c1-15(20(25)22-14-18-4-3-13-30-18)23-21(26)16-9-11-24(12-10-16)31(27,28)19-7-5-17(29-2)6-8-19/h3-8,13,15-16H,9-12,14H2,1-2H3,(H,22,25)(H,23,26)/t15-/m0/s1. The third kappa shape index (κ3) is 5.65. The van der Waals surface area contributed by atoms with Gasteiger partial charge in [-0.3, -0.25) is 9.59 Å². The van der Waals surface area contributed by atoms with Gasteiger partial charge >= 0.3 is 0 Å². The summed E-state index contributed by atoms with van der Waals surface area (Å²) in [7, 11) is -2.11. The predicted molar refractivity (Wildman–Crippen MR) is 113 cm³/mol. The minimum absolute atomic E-state index is 0.193. The van der Waals surface area contributed by atoms with Gasteiger partial charge in [0, 0.05) is 19.0 Å². The maximum Gasteiger partial charge on any atom is 0.243 e. The lowest BCUT2D eigenvalue weighted by Crippen LogP contribution is -2.49. The fourth-order valence-electron chi connectivity index (χ4n) is 3.39. The summed E-state index contributed by atoms with van der Waals surface area (Å²) in [5.41, 5.74) is 0. The SMILES string of the molecule is COc1ccc(S(=O)(=O)N2CCC(C(=O)N[C@@H](C)C(=O)NCc3ccco3)CC2)cc1. The van der Waals surface area contributed by atoms with Crippen molar-refractivity contribution in [3.8, 4) is 5.75 Å². The van der Waals surface area contributed by atoms with Crippen molar-refractivity contribution < 1.29 is 27.2 Å². The van der Waals surface area contributed by atoms with Crippen LogP contribution in [0, 0.1) is 5.92 Å². The number of rotatable bonds is 8. The third-order valence-electron chi connectivity index (χ3n) is 5.29. The predicted octanol–water partition coefficient (Wildman–Crippen LogP) is 1.51. The number of benzene rings is 1. The Morgan fingerprint density at radius 1 is 1.19 bits per heavy atom. The summed E-state index contributed by atoms with van der Waals surface area (Å²) in [6.07, 6.45) is 2.30. The summed E-state index contributed by atoms with van der Waals surface area (Å²) in [5, 5.41) is 5.42. The minimum Gasteiger partial charge on any atom is -0.497 e. The van der Waals surface area contributed by atoms with Crippen LogP contribution in [-0.4, -0.2) is 50.8 Å². The fourth-order valence-corrected chi connectivity index (χ4v) is 4.86. The molecule has 168 valence electrons. The van der Waals surface area contributed by atoms with E-state index in [1.165, 1.54) is 29.8 Å². The van der Waals surface area contributed by atoms with Gasteiger partial charge in [-0.25, -0.2) is 8.42 Å². The van der Waals surface area contributed by atoms with E-state index in [0.29, 0.717) is 24.4 Å². The second kappa shape index (κ2) is 9.97. The monoisotopic (exact) mass is 449 g/mol. The minimum atomic E-state index is -3.63. The molecule has 1 aromatic carbocycles. The van der Waals surface area contributed by atoms with E-state index in [9.17, 15) is 18.0 Å². The second-order valence-corrected chi connectivity index (χ2v) is 9.32. The van der Waals surface area contributed by atoms with Gasteiger partial charge in [0.25, 0.3) is 0 Å². The Morgan fingerprint density at radius 3 is 2.45 bits per heavy atom. The third-order valence-corrected chi connectivity index (χ3v) is 7.20. The first-order valence-electron chi connectivity index (χ1n) is 10.1. The molecule has 0 saturated carbocycles. The van der Waals surface area contributed by atoms with Crippen LogP contribution >= 0.6 is 0 Å². The number of carbonyl (C=O) groups is 2. The number of ether oxygens (including phenoxy) is 1. The molecule has 31 heavy (non-hydrogen) atoms. The van der Waals surface area contributed by atoms with E-state index in [4.69, 9.17) is 9.15 Å². The normalized spacial score (nSPS) is 16.5. The Bertz CT molecular complexity index is 981. The van der Waals surface area contributed by atoms with Gasteiger partial charge in [0.1, 0.15) is 17.6 Å². The molecule has 2 N–H and O–H groups in total. The summed E-state index contributed by atoms with van der Waals surface area (Å²) in [6.45, 7) is 2.34. The van der Waals surface area contributed by atoms with Crippen molar-refractivity contribution >= 4 is 21.8 Å². The molecule has 1 atom stereocenters.